The molecule has 1 aliphatic heterocycles. The Hall–Kier alpha value is -4.64. The predicted octanol–water partition coefficient (Wildman–Crippen LogP) is 4.83. The maximum absolute atomic E-state index is 13.7. The number of sulfonamides is 1. The van der Waals surface area contributed by atoms with E-state index in [4.69, 9.17) is 14.2 Å². The molecule has 41 heavy (non-hydrogen) atoms. The van der Waals surface area contributed by atoms with Crippen LogP contribution in [0.1, 0.15) is 11.1 Å². The number of nitrogens with one attached hydrogen (secondary N) is 1. The number of fused-ring (bicyclic) bond motifs is 1. The summed E-state index contributed by atoms with van der Waals surface area (Å²) in [6.07, 6.45) is 0. The molecule has 1 heterocycles. The second-order valence-electron chi connectivity index (χ2n) is 9.13. The van der Waals surface area contributed by atoms with E-state index in [1.54, 1.807) is 36.4 Å². The number of rotatable bonds is 10. The molecule has 0 radical (unpaired) electrons. The largest absolute Gasteiger partial charge is 0.489 e. The second kappa shape index (κ2) is 12.3. The van der Waals surface area contributed by atoms with Crippen LogP contribution >= 0.6 is 0 Å². The van der Waals surface area contributed by atoms with E-state index in [-0.39, 0.29) is 41.9 Å². The van der Waals surface area contributed by atoms with E-state index in [9.17, 15) is 22.0 Å². The molecule has 0 saturated heterocycles. The van der Waals surface area contributed by atoms with Crippen molar-refractivity contribution in [3.8, 4) is 17.2 Å². The molecule has 4 aromatic rings. The van der Waals surface area contributed by atoms with E-state index in [1.165, 1.54) is 42.5 Å². The quantitative estimate of drug-likeness (QED) is 0.289. The van der Waals surface area contributed by atoms with Crippen molar-refractivity contribution in [2.75, 3.05) is 24.1 Å². The Morgan fingerprint density at radius 3 is 2.10 bits per heavy atom. The number of halogens is 2. The summed E-state index contributed by atoms with van der Waals surface area (Å²) >= 11 is 0. The monoisotopic (exact) mass is 580 g/mol. The SMILES string of the molecule is O=C(CN(c1ccc(F)cc1)S(=O)(=O)c1ccc2c(c1)OCCO2)NCc1ccc(OCc2ccc(F)cc2)cc1. The molecule has 1 N–H and O–H groups in total. The number of amides is 1. The lowest BCUT2D eigenvalue weighted by Crippen LogP contribution is -2.40. The molecule has 212 valence electrons. The highest BCUT2D eigenvalue weighted by Crippen LogP contribution is 2.34. The van der Waals surface area contributed by atoms with Crippen LogP contribution < -0.4 is 23.8 Å². The maximum atomic E-state index is 13.7. The van der Waals surface area contributed by atoms with Gasteiger partial charge in [0.1, 0.15) is 43.7 Å². The fourth-order valence-corrected chi connectivity index (χ4v) is 5.51. The van der Waals surface area contributed by atoms with Crippen LogP contribution in [0.4, 0.5) is 14.5 Å². The Morgan fingerprint density at radius 2 is 1.41 bits per heavy atom. The summed E-state index contributed by atoms with van der Waals surface area (Å²) in [6.45, 7) is 0.502. The minimum absolute atomic E-state index is 0.102. The van der Waals surface area contributed by atoms with E-state index in [0.717, 1.165) is 27.6 Å². The highest BCUT2D eigenvalue weighted by Gasteiger charge is 2.29. The molecule has 11 heteroatoms. The summed E-state index contributed by atoms with van der Waals surface area (Å²) in [5.74, 6) is -0.120. The molecule has 0 aliphatic carbocycles. The van der Waals surface area contributed by atoms with Gasteiger partial charge in [-0.05, 0) is 71.8 Å². The zero-order chi connectivity index (χ0) is 28.8. The summed E-state index contributed by atoms with van der Waals surface area (Å²) in [5.41, 5.74) is 1.70. The van der Waals surface area contributed by atoms with Gasteiger partial charge in [-0.15, -0.1) is 0 Å². The van der Waals surface area contributed by atoms with E-state index in [0.29, 0.717) is 18.1 Å². The van der Waals surface area contributed by atoms with Gasteiger partial charge in [0.05, 0.1) is 10.6 Å². The summed E-state index contributed by atoms with van der Waals surface area (Å²) in [4.78, 5) is 12.8. The first-order valence-electron chi connectivity index (χ1n) is 12.7. The van der Waals surface area contributed by atoms with Crippen LogP contribution in [0.15, 0.2) is 95.9 Å². The Bertz CT molecular complexity index is 1610. The lowest BCUT2D eigenvalue weighted by molar-refractivity contribution is -0.119. The molecule has 1 amide bonds. The van der Waals surface area contributed by atoms with Crippen LogP contribution in [0.2, 0.25) is 0 Å². The molecule has 0 atom stereocenters. The third kappa shape index (κ3) is 6.93. The third-order valence-corrected chi connectivity index (χ3v) is 8.01. The van der Waals surface area contributed by atoms with Crippen LogP contribution in [0, 0.1) is 11.6 Å². The van der Waals surface area contributed by atoms with E-state index in [1.807, 2.05) is 0 Å². The molecule has 1 aliphatic rings. The Labute approximate surface area is 236 Å². The fourth-order valence-electron chi connectivity index (χ4n) is 4.07. The lowest BCUT2D eigenvalue weighted by atomic mass is 10.2. The van der Waals surface area contributed by atoms with Gasteiger partial charge in [-0.2, -0.15) is 0 Å². The van der Waals surface area contributed by atoms with E-state index >= 15 is 0 Å². The number of carbonyl (C=O) groups is 1. The van der Waals surface area contributed by atoms with Crippen molar-refractivity contribution in [3.05, 3.63) is 114 Å². The van der Waals surface area contributed by atoms with Gasteiger partial charge in [-0.1, -0.05) is 24.3 Å². The molecule has 0 unspecified atom stereocenters. The average Bonchev–Trinajstić information content (AvgIpc) is 2.99. The normalized spacial score (nSPS) is 12.4. The topological polar surface area (TPSA) is 94.2 Å². The Balaban J connectivity index is 1.25. The first kappa shape index (κ1) is 27.9. The van der Waals surface area contributed by atoms with Gasteiger partial charge in [-0.25, -0.2) is 17.2 Å². The van der Waals surface area contributed by atoms with Gasteiger partial charge in [0.15, 0.2) is 11.5 Å². The molecule has 0 fully saturated rings. The van der Waals surface area contributed by atoms with Gasteiger partial charge in [0, 0.05) is 12.6 Å². The summed E-state index contributed by atoms with van der Waals surface area (Å²) < 4.78 is 71.6. The summed E-state index contributed by atoms with van der Waals surface area (Å²) in [6, 6.07) is 22.1. The maximum Gasteiger partial charge on any atom is 0.264 e. The lowest BCUT2D eigenvalue weighted by Gasteiger charge is -2.25. The molecule has 5 rings (SSSR count). The highest BCUT2D eigenvalue weighted by atomic mass is 32.2. The number of hydrogen-bond acceptors (Lipinski definition) is 6. The highest BCUT2D eigenvalue weighted by molar-refractivity contribution is 7.92. The van der Waals surface area contributed by atoms with Gasteiger partial charge < -0.3 is 19.5 Å². The molecule has 0 saturated carbocycles. The second-order valence-corrected chi connectivity index (χ2v) is 11.0. The molecule has 0 spiro atoms. The standard InChI is InChI=1S/C30H26F2N2O6S/c31-23-5-1-22(2-6-23)20-40-26-11-3-21(4-12-26)18-33-30(35)19-34(25-9-7-24(32)8-10-25)41(36,37)27-13-14-28-29(17-27)39-16-15-38-28/h1-14,17H,15-16,18-20H2,(H,33,35). The van der Waals surface area contributed by atoms with Crippen molar-refractivity contribution in [3.63, 3.8) is 0 Å². The number of carbonyl (C=O) groups excluding carboxylic acids is 1. The van der Waals surface area contributed by atoms with Crippen LogP contribution in [0.3, 0.4) is 0 Å². The molecule has 0 aromatic heterocycles. The summed E-state index contributed by atoms with van der Waals surface area (Å²) in [5, 5.41) is 2.73. The number of anilines is 1. The van der Waals surface area contributed by atoms with E-state index in [2.05, 4.69) is 5.32 Å². The van der Waals surface area contributed by atoms with Crippen molar-refractivity contribution < 1.29 is 36.2 Å². The average molecular weight is 581 g/mol. The van der Waals surface area contributed by atoms with Gasteiger partial charge in [0.25, 0.3) is 10.0 Å². The Kier molecular flexibility index (Phi) is 8.34. The zero-order valence-corrected chi connectivity index (χ0v) is 22.6. The molecular formula is C30H26F2N2O6S. The van der Waals surface area contributed by atoms with Crippen LogP contribution in [-0.2, 0) is 28.0 Å². The predicted molar refractivity (Wildman–Crippen MR) is 147 cm³/mol. The molecule has 4 aromatic carbocycles. The minimum atomic E-state index is -4.24. The third-order valence-electron chi connectivity index (χ3n) is 6.24. The van der Waals surface area contributed by atoms with Gasteiger partial charge in [0.2, 0.25) is 5.91 Å². The smallest absolute Gasteiger partial charge is 0.264 e. The molecule has 0 bridgehead atoms. The van der Waals surface area contributed by atoms with Crippen LogP contribution in [-0.4, -0.2) is 34.1 Å². The van der Waals surface area contributed by atoms with Crippen LogP contribution in [0.5, 0.6) is 17.2 Å². The molecule has 8 nitrogen and oxygen atoms in total. The van der Waals surface area contributed by atoms with E-state index < -0.39 is 28.3 Å². The fraction of sp³-hybridized carbons (Fsp3) is 0.167. The van der Waals surface area contributed by atoms with Gasteiger partial charge >= 0.3 is 0 Å². The first-order chi connectivity index (χ1) is 19.8. The van der Waals surface area contributed by atoms with Crippen molar-refractivity contribution in [1.29, 1.82) is 0 Å². The number of ether oxygens (including phenoxy) is 3. The van der Waals surface area contributed by atoms with Crippen molar-refractivity contribution in [2.24, 2.45) is 0 Å². The Morgan fingerprint density at radius 1 is 0.805 bits per heavy atom. The summed E-state index contributed by atoms with van der Waals surface area (Å²) in [7, 11) is -4.24. The zero-order valence-electron chi connectivity index (χ0n) is 21.8. The number of hydrogen-bond donors (Lipinski definition) is 1. The van der Waals surface area contributed by atoms with Gasteiger partial charge in [-0.3, -0.25) is 9.10 Å². The number of nitrogens with zero attached hydrogens (tertiary/aromatic N) is 1. The minimum Gasteiger partial charge on any atom is -0.489 e. The van der Waals surface area contributed by atoms with Crippen LogP contribution in [0.25, 0.3) is 0 Å². The molecular weight excluding hydrogens is 554 g/mol. The van der Waals surface area contributed by atoms with Crippen molar-refractivity contribution >= 4 is 21.6 Å². The first-order valence-corrected chi connectivity index (χ1v) is 14.1. The van der Waals surface area contributed by atoms with Crippen molar-refractivity contribution in [2.45, 2.75) is 18.0 Å². The van der Waals surface area contributed by atoms with Crippen molar-refractivity contribution in [1.82, 2.24) is 5.32 Å². The number of benzene rings is 4.